The molecule has 1 aromatic rings. The van der Waals surface area contributed by atoms with Gasteiger partial charge >= 0.3 is 0 Å². The SMILES string of the molecule is O=C1Nc2ccc(C=CCS)cc2C1=O. The standard InChI is InChI=1S/C11H9NO2S/c13-10-8-6-7(2-1-5-15)3-4-9(8)12-11(10)14/h1-4,6,15H,5H2,(H,12,13,14). The van der Waals surface area contributed by atoms with Crippen LogP contribution in [0.25, 0.3) is 6.08 Å². The van der Waals surface area contributed by atoms with Gasteiger partial charge in [0.1, 0.15) is 0 Å². The Morgan fingerprint density at radius 3 is 2.87 bits per heavy atom. The molecule has 0 unspecified atom stereocenters. The predicted octanol–water partition coefficient (Wildman–Crippen LogP) is 1.76. The first-order chi connectivity index (χ1) is 7.22. The molecule has 0 bridgehead atoms. The largest absolute Gasteiger partial charge is 0.318 e. The van der Waals surface area contributed by atoms with Gasteiger partial charge in [-0.15, -0.1) is 0 Å². The molecule has 0 aliphatic carbocycles. The van der Waals surface area contributed by atoms with Crippen LogP contribution < -0.4 is 5.32 Å². The van der Waals surface area contributed by atoms with E-state index in [9.17, 15) is 9.59 Å². The number of nitrogens with one attached hydrogen (secondary N) is 1. The van der Waals surface area contributed by atoms with Crippen molar-refractivity contribution in [3.8, 4) is 0 Å². The number of hydrogen-bond donors (Lipinski definition) is 2. The maximum Gasteiger partial charge on any atom is 0.296 e. The molecule has 0 fully saturated rings. The second kappa shape index (κ2) is 3.90. The average molecular weight is 219 g/mol. The summed E-state index contributed by atoms with van der Waals surface area (Å²) in [6, 6.07) is 5.28. The molecular formula is C11H9NO2S. The predicted molar refractivity (Wildman–Crippen MR) is 62.3 cm³/mol. The summed E-state index contributed by atoms with van der Waals surface area (Å²) in [5, 5.41) is 2.50. The number of rotatable bonds is 2. The highest BCUT2D eigenvalue weighted by molar-refractivity contribution is 7.80. The van der Waals surface area contributed by atoms with Gasteiger partial charge in [-0.3, -0.25) is 9.59 Å². The molecule has 76 valence electrons. The van der Waals surface area contributed by atoms with Crippen LogP contribution in [0.1, 0.15) is 15.9 Å². The van der Waals surface area contributed by atoms with E-state index in [4.69, 9.17) is 0 Å². The van der Waals surface area contributed by atoms with Crippen molar-refractivity contribution >= 4 is 36.1 Å². The van der Waals surface area contributed by atoms with E-state index < -0.39 is 11.7 Å². The van der Waals surface area contributed by atoms with Gasteiger partial charge in [-0.25, -0.2) is 0 Å². The van der Waals surface area contributed by atoms with Crippen molar-refractivity contribution in [1.82, 2.24) is 0 Å². The monoisotopic (exact) mass is 219 g/mol. The number of benzene rings is 1. The van der Waals surface area contributed by atoms with E-state index in [0.717, 1.165) is 5.56 Å². The minimum Gasteiger partial charge on any atom is -0.318 e. The minimum absolute atomic E-state index is 0.446. The number of carbonyl (C=O) groups is 2. The molecule has 15 heavy (non-hydrogen) atoms. The Bertz CT molecular complexity index is 466. The van der Waals surface area contributed by atoms with Crippen molar-refractivity contribution in [3.05, 3.63) is 35.4 Å². The lowest BCUT2D eigenvalue weighted by molar-refractivity contribution is -0.112. The Balaban J connectivity index is 2.39. The van der Waals surface area contributed by atoms with Crippen LogP contribution in [0, 0.1) is 0 Å². The highest BCUT2D eigenvalue weighted by Crippen LogP contribution is 2.24. The zero-order valence-electron chi connectivity index (χ0n) is 7.86. The molecule has 1 aliphatic heterocycles. The van der Waals surface area contributed by atoms with Crippen LogP contribution in [0.4, 0.5) is 5.69 Å². The van der Waals surface area contributed by atoms with Crippen LogP contribution in [0.3, 0.4) is 0 Å². The maximum absolute atomic E-state index is 11.4. The quantitative estimate of drug-likeness (QED) is 0.588. The Hall–Kier alpha value is -1.55. The number of thiol groups is 1. The first-order valence-corrected chi connectivity index (χ1v) is 5.13. The molecule has 3 nitrogen and oxygen atoms in total. The van der Waals surface area contributed by atoms with E-state index in [2.05, 4.69) is 17.9 Å². The number of amides is 1. The Morgan fingerprint density at radius 1 is 1.33 bits per heavy atom. The lowest BCUT2D eigenvalue weighted by atomic mass is 10.1. The topological polar surface area (TPSA) is 46.2 Å². The van der Waals surface area contributed by atoms with Crippen molar-refractivity contribution in [2.75, 3.05) is 11.1 Å². The summed E-state index contributed by atoms with van der Waals surface area (Å²) in [6.45, 7) is 0. The third-order valence-corrected chi connectivity index (χ3v) is 2.37. The van der Waals surface area contributed by atoms with Crippen molar-refractivity contribution in [1.29, 1.82) is 0 Å². The normalized spacial score (nSPS) is 14.5. The molecule has 0 radical (unpaired) electrons. The van der Waals surface area contributed by atoms with Crippen LogP contribution >= 0.6 is 12.6 Å². The molecule has 0 atom stereocenters. The van der Waals surface area contributed by atoms with Crippen LogP contribution in [0.5, 0.6) is 0 Å². The third-order valence-electron chi connectivity index (χ3n) is 2.16. The van der Waals surface area contributed by atoms with Crippen molar-refractivity contribution in [2.45, 2.75) is 0 Å². The Kier molecular flexibility index (Phi) is 2.60. The van der Waals surface area contributed by atoms with Crippen molar-refractivity contribution in [2.24, 2.45) is 0 Å². The van der Waals surface area contributed by atoms with Gasteiger partial charge < -0.3 is 5.32 Å². The lowest BCUT2D eigenvalue weighted by Gasteiger charge is -1.97. The highest BCUT2D eigenvalue weighted by atomic mass is 32.1. The molecule has 1 aromatic carbocycles. The fourth-order valence-corrected chi connectivity index (χ4v) is 1.56. The van der Waals surface area contributed by atoms with E-state index in [1.807, 2.05) is 18.2 Å². The molecule has 1 aliphatic rings. The number of carbonyl (C=O) groups excluding carboxylic acids is 2. The Labute approximate surface area is 92.6 Å². The van der Waals surface area contributed by atoms with Crippen LogP contribution in [-0.2, 0) is 4.79 Å². The molecule has 1 amide bonds. The van der Waals surface area contributed by atoms with Gasteiger partial charge in [0.25, 0.3) is 11.7 Å². The van der Waals surface area contributed by atoms with Crippen molar-refractivity contribution < 1.29 is 9.59 Å². The zero-order chi connectivity index (χ0) is 10.8. The molecule has 0 saturated carbocycles. The van der Waals surface area contributed by atoms with Gasteiger partial charge in [-0.1, -0.05) is 18.2 Å². The fourth-order valence-electron chi connectivity index (χ4n) is 1.45. The van der Waals surface area contributed by atoms with E-state index in [-0.39, 0.29) is 0 Å². The van der Waals surface area contributed by atoms with Gasteiger partial charge in [0.05, 0.1) is 11.3 Å². The second-order valence-electron chi connectivity index (χ2n) is 3.17. The molecular weight excluding hydrogens is 210 g/mol. The molecule has 1 heterocycles. The maximum atomic E-state index is 11.4. The molecule has 0 spiro atoms. The number of anilines is 1. The number of Topliss-reactive ketones (excluding diaryl/α,β-unsaturated/α-hetero) is 1. The van der Waals surface area contributed by atoms with Gasteiger partial charge in [0.2, 0.25) is 0 Å². The summed E-state index contributed by atoms with van der Waals surface area (Å²) in [6.07, 6.45) is 3.74. The summed E-state index contributed by atoms with van der Waals surface area (Å²) in [4.78, 5) is 22.4. The first kappa shape index (κ1) is 9.98. The van der Waals surface area contributed by atoms with Crippen LogP contribution in [0.15, 0.2) is 24.3 Å². The number of ketones is 1. The van der Waals surface area contributed by atoms with Crippen LogP contribution in [0.2, 0.25) is 0 Å². The van der Waals surface area contributed by atoms with Gasteiger partial charge in [-0.05, 0) is 17.7 Å². The molecule has 4 heteroatoms. The van der Waals surface area contributed by atoms with Gasteiger partial charge in [-0.2, -0.15) is 12.6 Å². The minimum atomic E-state index is -0.555. The molecule has 1 N–H and O–H groups in total. The Morgan fingerprint density at radius 2 is 2.13 bits per heavy atom. The van der Waals surface area contributed by atoms with E-state index in [1.54, 1.807) is 12.1 Å². The van der Waals surface area contributed by atoms with E-state index in [0.29, 0.717) is 17.0 Å². The fraction of sp³-hybridized carbons (Fsp3) is 0.0909. The van der Waals surface area contributed by atoms with Gasteiger partial charge in [0, 0.05) is 5.75 Å². The summed E-state index contributed by atoms with van der Waals surface area (Å²) in [5.41, 5.74) is 1.93. The first-order valence-electron chi connectivity index (χ1n) is 4.49. The smallest absolute Gasteiger partial charge is 0.296 e. The summed E-state index contributed by atoms with van der Waals surface area (Å²) < 4.78 is 0. The highest BCUT2D eigenvalue weighted by Gasteiger charge is 2.27. The van der Waals surface area contributed by atoms with E-state index in [1.165, 1.54) is 0 Å². The van der Waals surface area contributed by atoms with Gasteiger partial charge in [0.15, 0.2) is 0 Å². The molecule has 0 aromatic heterocycles. The number of hydrogen-bond acceptors (Lipinski definition) is 3. The summed E-state index contributed by atoms with van der Waals surface area (Å²) >= 11 is 4.04. The average Bonchev–Trinajstić information content (AvgIpc) is 2.52. The number of fused-ring (bicyclic) bond motifs is 1. The molecule has 0 saturated heterocycles. The lowest BCUT2D eigenvalue weighted by Crippen LogP contribution is -2.12. The van der Waals surface area contributed by atoms with Crippen molar-refractivity contribution in [3.63, 3.8) is 0 Å². The van der Waals surface area contributed by atoms with E-state index >= 15 is 0 Å². The molecule has 2 rings (SSSR count). The zero-order valence-corrected chi connectivity index (χ0v) is 8.75. The third kappa shape index (κ3) is 1.80. The summed E-state index contributed by atoms with van der Waals surface area (Å²) in [7, 11) is 0. The summed E-state index contributed by atoms with van der Waals surface area (Å²) in [5.74, 6) is -0.381. The second-order valence-corrected chi connectivity index (χ2v) is 3.54. The van der Waals surface area contributed by atoms with Crippen LogP contribution in [-0.4, -0.2) is 17.4 Å².